The van der Waals surface area contributed by atoms with Crippen LogP contribution in [0, 0.1) is 5.41 Å². The third-order valence-corrected chi connectivity index (χ3v) is 11.7. The first-order valence-corrected chi connectivity index (χ1v) is 19.9. The number of anilines is 4. The molecule has 1 unspecified atom stereocenters. The summed E-state index contributed by atoms with van der Waals surface area (Å²) < 4.78 is 7.98. The number of benzene rings is 3. The Kier molecular flexibility index (Phi) is 9.96. The number of carbonyl (C=O) groups is 4. The van der Waals surface area contributed by atoms with E-state index < -0.39 is 29.7 Å². The Morgan fingerprint density at radius 1 is 0.797 bits per heavy atom. The molecule has 0 saturated carbocycles. The second-order valence-corrected chi connectivity index (χ2v) is 15.3. The molecule has 5 N–H and O–H groups in total. The van der Waals surface area contributed by atoms with Crippen molar-refractivity contribution >= 4 is 52.4 Å². The first-order valence-electron chi connectivity index (χ1n) is 19.9. The fraction of sp³-hybridized carbons (Fsp3) is 0.302. The molecule has 16 heteroatoms. The van der Waals surface area contributed by atoms with Crippen LogP contribution >= 0.6 is 0 Å². The van der Waals surface area contributed by atoms with Gasteiger partial charge in [0.2, 0.25) is 11.8 Å². The summed E-state index contributed by atoms with van der Waals surface area (Å²) >= 11 is 0. The number of nitrogens with zero attached hydrogens (tertiary/aromatic N) is 7. The normalized spacial score (nSPS) is 18.8. The number of ether oxygens (including phenoxy) is 1. The van der Waals surface area contributed by atoms with E-state index in [1.807, 2.05) is 66.9 Å². The number of para-hydroxylation sites is 1. The maximum absolute atomic E-state index is 13.4. The number of hydrogen-bond acceptors (Lipinski definition) is 13. The lowest BCUT2D eigenvalue weighted by atomic mass is 10.0. The molecular formula is C43H43N11O5. The van der Waals surface area contributed by atoms with E-state index >= 15 is 0 Å². The van der Waals surface area contributed by atoms with E-state index in [9.17, 15) is 19.2 Å². The van der Waals surface area contributed by atoms with Crippen LogP contribution in [0.15, 0.2) is 91.5 Å². The average molecular weight is 794 g/mol. The molecule has 2 aromatic heterocycles. The van der Waals surface area contributed by atoms with Crippen LogP contribution in [0.25, 0.3) is 0 Å². The van der Waals surface area contributed by atoms with Gasteiger partial charge in [-0.15, -0.1) is 0 Å². The zero-order valence-corrected chi connectivity index (χ0v) is 32.2. The predicted molar refractivity (Wildman–Crippen MR) is 220 cm³/mol. The minimum absolute atomic E-state index is 0.0815. The molecule has 4 aliphatic rings. The monoisotopic (exact) mass is 793 g/mol. The Morgan fingerprint density at radius 3 is 2.24 bits per heavy atom. The number of rotatable bonds is 10. The highest BCUT2D eigenvalue weighted by atomic mass is 16.5. The largest absolute Gasteiger partial charge is 0.457 e. The molecule has 4 amide bonds. The van der Waals surface area contributed by atoms with Crippen LogP contribution in [0.2, 0.25) is 0 Å². The number of imide groups is 2. The van der Waals surface area contributed by atoms with E-state index in [1.165, 1.54) is 6.33 Å². The van der Waals surface area contributed by atoms with Gasteiger partial charge >= 0.3 is 0 Å². The standard InChI is InChI=1S/C43H43N11O5/c44-38(26-6-9-32(10-7-26)59-31-4-2-1-3-5-31)37-39(45)46-25-47-40(37)49-27-14-18-52(19-15-27)30-23-48-53(24-30)28-16-20-51(21-17-28)29-8-11-33-34(22-29)43(58)54(42(33)57)35-12-13-36(55)50-41(35)56/h1-11,22-25,27-28,35,44H,12-21H2,(H,50,55,56)(H3,45,46,47,49). The van der Waals surface area contributed by atoms with E-state index in [1.54, 1.807) is 12.1 Å². The smallest absolute Gasteiger partial charge is 0.262 e. The molecule has 3 aromatic carbocycles. The van der Waals surface area contributed by atoms with E-state index in [2.05, 4.69) is 41.3 Å². The molecule has 3 saturated heterocycles. The molecule has 0 radical (unpaired) electrons. The summed E-state index contributed by atoms with van der Waals surface area (Å²) in [6, 6.07) is 21.5. The van der Waals surface area contributed by atoms with Crippen molar-refractivity contribution in [3.63, 3.8) is 0 Å². The van der Waals surface area contributed by atoms with Crippen molar-refractivity contribution in [2.45, 2.75) is 56.7 Å². The van der Waals surface area contributed by atoms with Crippen molar-refractivity contribution in [1.29, 1.82) is 5.41 Å². The molecule has 0 bridgehead atoms. The van der Waals surface area contributed by atoms with Gasteiger partial charge in [-0.05, 0) is 86.7 Å². The highest BCUT2D eigenvalue weighted by Crippen LogP contribution is 2.34. The molecule has 0 spiro atoms. The molecule has 300 valence electrons. The van der Waals surface area contributed by atoms with Gasteiger partial charge in [-0.1, -0.05) is 18.2 Å². The molecule has 5 aromatic rings. The van der Waals surface area contributed by atoms with Gasteiger partial charge in [0.1, 0.15) is 35.5 Å². The Morgan fingerprint density at radius 2 is 1.49 bits per heavy atom. The number of piperidine rings is 3. The molecule has 59 heavy (non-hydrogen) atoms. The van der Waals surface area contributed by atoms with Crippen LogP contribution in [-0.2, 0) is 9.59 Å². The molecule has 9 rings (SSSR count). The molecule has 6 heterocycles. The lowest BCUT2D eigenvalue weighted by Gasteiger charge is -2.34. The van der Waals surface area contributed by atoms with Crippen LogP contribution in [0.4, 0.5) is 23.0 Å². The van der Waals surface area contributed by atoms with Gasteiger partial charge in [0.05, 0.1) is 40.3 Å². The lowest BCUT2D eigenvalue weighted by Crippen LogP contribution is -2.54. The number of hydrogen-bond donors (Lipinski definition) is 4. The summed E-state index contributed by atoms with van der Waals surface area (Å²) in [5.41, 5.74) is 10.2. The maximum atomic E-state index is 13.4. The molecule has 0 aliphatic carbocycles. The van der Waals surface area contributed by atoms with Crippen LogP contribution < -0.4 is 30.9 Å². The van der Waals surface area contributed by atoms with Gasteiger partial charge in [0, 0.05) is 56.1 Å². The lowest BCUT2D eigenvalue weighted by molar-refractivity contribution is -0.136. The van der Waals surface area contributed by atoms with E-state index in [0.29, 0.717) is 22.7 Å². The van der Waals surface area contributed by atoms with Crippen LogP contribution in [-0.4, -0.2) is 92.3 Å². The highest BCUT2D eigenvalue weighted by molar-refractivity contribution is 6.23. The Bertz CT molecular complexity index is 2440. The summed E-state index contributed by atoms with van der Waals surface area (Å²) in [4.78, 5) is 64.9. The second-order valence-electron chi connectivity index (χ2n) is 15.3. The molecule has 1 atom stereocenters. The minimum atomic E-state index is -0.988. The summed E-state index contributed by atoms with van der Waals surface area (Å²) in [5, 5.41) is 19.6. The van der Waals surface area contributed by atoms with Crippen molar-refractivity contribution < 1.29 is 23.9 Å². The van der Waals surface area contributed by atoms with Crippen LogP contribution in [0.1, 0.15) is 76.4 Å². The second kappa shape index (κ2) is 15.7. The number of nitrogens with one attached hydrogen (secondary N) is 3. The van der Waals surface area contributed by atoms with Crippen molar-refractivity contribution in [2.24, 2.45) is 0 Å². The van der Waals surface area contributed by atoms with Gasteiger partial charge < -0.3 is 25.6 Å². The number of nitrogen functional groups attached to an aromatic ring is 1. The first-order chi connectivity index (χ1) is 28.7. The van der Waals surface area contributed by atoms with E-state index in [0.717, 1.165) is 73.9 Å². The van der Waals surface area contributed by atoms with Gasteiger partial charge in [0.25, 0.3) is 11.8 Å². The quantitative estimate of drug-likeness (QED) is 0.111. The third kappa shape index (κ3) is 7.44. The number of nitrogens with two attached hydrogens (primary N) is 1. The SMILES string of the molecule is N=C(c1ccc(Oc2ccccc2)cc1)c1c(N)ncnc1NC1CCN(c2cnn(C3CCN(c4ccc5c(c4)C(=O)N(C4CCC(=O)NC4=O)C5=O)CC3)c2)CC1. The third-order valence-electron chi connectivity index (χ3n) is 11.7. The van der Waals surface area contributed by atoms with Crippen molar-refractivity contribution in [2.75, 3.05) is 47.0 Å². The molecule has 16 nitrogen and oxygen atoms in total. The fourth-order valence-electron chi connectivity index (χ4n) is 8.42. The summed E-state index contributed by atoms with van der Waals surface area (Å²) in [6.07, 6.45) is 9.09. The Hall–Kier alpha value is -7.10. The number of fused-ring (bicyclic) bond motifs is 1. The minimum Gasteiger partial charge on any atom is -0.457 e. The molecule has 3 fully saturated rings. The molecule has 4 aliphatic heterocycles. The topological polar surface area (TPSA) is 205 Å². The van der Waals surface area contributed by atoms with Gasteiger partial charge in [-0.3, -0.25) is 39.5 Å². The predicted octanol–water partition coefficient (Wildman–Crippen LogP) is 4.79. The van der Waals surface area contributed by atoms with Crippen LogP contribution in [0.3, 0.4) is 0 Å². The Balaban J connectivity index is 0.781. The number of amides is 4. The average Bonchev–Trinajstić information content (AvgIpc) is 3.84. The summed E-state index contributed by atoms with van der Waals surface area (Å²) in [7, 11) is 0. The van der Waals surface area contributed by atoms with E-state index in [4.69, 9.17) is 21.0 Å². The van der Waals surface area contributed by atoms with Crippen LogP contribution in [0.5, 0.6) is 11.5 Å². The maximum Gasteiger partial charge on any atom is 0.262 e. The summed E-state index contributed by atoms with van der Waals surface area (Å²) in [5.74, 6) is 0.158. The first kappa shape index (κ1) is 37.5. The summed E-state index contributed by atoms with van der Waals surface area (Å²) in [6.45, 7) is 3.13. The van der Waals surface area contributed by atoms with Gasteiger partial charge in [0.15, 0.2) is 0 Å². The van der Waals surface area contributed by atoms with Gasteiger partial charge in [-0.2, -0.15) is 5.10 Å². The van der Waals surface area contributed by atoms with E-state index in [-0.39, 0.29) is 47.6 Å². The zero-order valence-electron chi connectivity index (χ0n) is 32.2. The van der Waals surface area contributed by atoms with Crippen molar-refractivity contribution in [3.05, 3.63) is 114 Å². The zero-order chi connectivity index (χ0) is 40.6. The highest BCUT2D eigenvalue weighted by Gasteiger charge is 2.45. The number of aromatic nitrogens is 4. The van der Waals surface area contributed by atoms with Gasteiger partial charge in [-0.25, -0.2) is 9.97 Å². The Labute approximate surface area is 339 Å². The fourth-order valence-corrected chi connectivity index (χ4v) is 8.42. The van der Waals surface area contributed by atoms with Crippen molar-refractivity contribution in [3.8, 4) is 11.5 Å². The molecular weight excluding hydrogens is 751 g/mol. The van der Waals surface area contributed by atoms with Crippen molar-refractivity contribution in [1.82, 2.24) is 30.0 Å². The number of carbonyl (C=O) groups excluding carboxylic acids is 4.